The molecule has 0 unspecified atom stereocenters. The van der Waals surface area contributed by atoms with E-state index in [1.807, 2.05) is 23.9 Å². The van der Waals surface area contributed by atoms with Crippen LogP contribution < -0.4 is 4.74 Å². The van der Waals surface area contributed by atoms with Gasteiger partial charge in [-0.25, -0.2) is 14.2 Å². The van der Waals surface area contributed by atoms with Crippen molar-refractivity contribution in [3.05, 3.63) is 54.1 Å². The van der Waals surface area contributed by atoms with E-state index in [1.165, 1.54) is 12.3 Å². The minimum absolute atomic E-state index is 0.0559. The fourth-order valence-corrected chi connectivity index (χ4v) is 2.07. The number of carboxylic acids is 1. The first-order valence-corrected chi connectivity index (χ1v) is 6.16. The Hall–Kier alpha value is -2.89. The standard InChI is InChI=1S/C15H11FN2O3/c1-18-5-4-9-6-11(8-17-14(9)18)21-13-7-10(16)2-3-12(13)15(19)20/h2-8H,1H3,(H,19,20). The number of nitrogens with zero attached hydrogens (tertiary/aromatic N) is 2. The lowest BCUT2D eigenvalue weighted by molar-refractivity contribution is 0.0694. The van der Waals surface area contributed by atoms with E-state index in [0.29, 0.717) is 5.75 Å². The molecule has 0 aliphatic heterocycles. The Bertz CT molecular complexity index is 842. The van der Waals surface area contributed by atoms with Gasteiger partial charge in [0.25, 0.3) is 0 Å². The van der Waals surface area contributed by atoms with Crippen molar-refractivity contribution in [3.8, 4) is 11.5 Å². The smallest absolute Gasteiger partial charge is 0.339 e. The van der Waals surface area contributed by atoms with Crippen molar-refractivity contribution < 1.29 is 19.0 Å². The number of carboxylic acid groups (broad SMARTS) is 1. The number of pyridine rings is 1. The predicted molar refractivity (Wildman–Crippen MR) is 74.1 cm³/mol. The van der Waals surface area contributed by atoms with Crippen molar-refractivity contribution in [1.82, 2.24) is 9.55 Å². The van der Waals surface area contributed by atoms with Crippen LogP contribution in [0.15, 0.2) is 42.7 Å². The molecule has 6 heteroatoms. The fourth-order valence-electron chi connectivity index (χ4n) is 2.07. The lowest BCUT2D eigenvalue weighted by Crippen LogP contribution is -2.00. The van der Waals surface area contributed by atoms with Gasteiger partial charge in [0, 0.05) is 24.7 Å². The quantitative estimate of drug-likeness (QED) is 0.803. The number of aromatic carboxylic acids is 1. The number of aromatic nitrogens is 2. The molecule has 2 heterocycles. The van der Waals surface area contributed by atoms with E-state index in [-0.39, 0.29) is 11.3 Å². The van der Waals surface area contributed by atoms with Crippen molar-refractivity contribution >= 4 is 17.0 Å². The highest BCUT2D eigenvalue weighted by Crippen LogP contribution is 2.28. The van der Waals surface area contributed by atoms with Gasteiger partial charge in [0.05, 0.1) is 6.20 Å². The van der Waals surface area contributed by atoms with Gasteiger partial charge in [-0.15, -0.1) is 0 Å². The van der Waals surface area contributed by atoms with Gasteiger partial charge in [0.15, 0.2) is 0 Å². The zero-order valence-electron chi connectivity index (χ0n) is 11.1. The maximum atomic E-state index is 13.3. The van der Waals surface area contributed by atoms with Gasteiger partial charge in [-0.05, 0) is 24.3 Å². The molecule has 5 nitrogen and oxygen atoms in total. The van der Waals surface area contributed by atoms with Crippen molar-refractivity contribution in [2.45, 2.75) is 0 Å². The van der Waals surface area contributed by atoms with Gasteiger partial charge in [-0.1, -0.05) is 0 Å². The van der Waals surface area contributed by atoms with Crippen LogP contribution in [-0.2, 0) is 7.05 Å². The van der Waals surface area contributed by atoms with Crippen molar-refractivity contribution in [2.75, 3.05) is 0 Å². The first-order valence-electron chi connectivity index (χ1n) is 6.16. The van der Waals surface area contributed by atoms with Crippen LogP contribution in [0.4, 0.5) is 4.39 Å². The Kier molecular flexibility index (Phi) is 3.06. The van der Waals surface area contributed by atoms with Gasteiger partial charge in [0.1, 0.15) is 28.5 Å². The summed E-state index contributed by atoms with van der Waals surface area (Å²) in [5, 5.41) is 9.94. The summed E-state index contributed by atoms with van der Waals surface area (Å²) in [5.74, 6) is -1.45. The molecule has 0 spiro atoms. The van der Waals surface area contributed by atoms with E-state index in [9.17, 15) is 9.18 Å². The van der Waals surface area contributed by atoms with Crippen molar-refractivity contribution in [3.63, 3.8) is 0 Å². The minimum Gasteiger partial charge on any atom is -0.478 e. The fraction of sp³-hybridized carbons (Fsp3) is 0.0667. The SMILES string of the molecule is Cn1ccc2cc(Oc3cc(F)ccc3C(=O)O)cnc21. The lowest BCUT2D eigenvalue weighted by atomic mass is 10.2. The molecule has 0 saturated heterocycles. The summed E-state index contributed by atoms with van der Waals surface area (Å²) in [6.45, 7) is 0. The highest BCUT2D eigenvalue weighted by Gasteiger charge is 2.13. The molecular formula is C15H11FN2O3. The summed E-state index contributed by atoms with van der Waals surface area (Å²) >= 11 is 0. The van der Waals surface area contributed by atoms with E-state index >= 15 is 0 Å². The molecule has 1 aromatic carbocycles. The number of rotatable bonds is 3. The number of benzene rings is 1. The van der Waals surface area contributed by atoms with Gasteiger partial charge in [0.2, 0.25) is 0 Å². The van der Waals surface area contributed by atoms with Crippen molar-refractivity contribution in [1.29, 1.82) is 0 Å². The van der Waals surface area contributed by atoms with Crippen LogP contribution in [0, 0.1) is 5.82 Å². The van der Waals surface area contributed by atoms with Crippen LogP contribution in [0.3, 0.4) is 0 Å². The Labute approximate surface area is 119 Å². The zero-order valence-corrected chi connectivity index (χ0v) is 11.1. The maximum Gasteiger partial charge on any atom is 0.339 e. The summed E-state index contributed by atoms with van der Waals surface area (Å²) < 4.78 is 20.6. The minimum atomic E-state index is -1.18. The molecule has 0 bridgehead atoms. The largest absolute Gasteiger partial charge is 0.478 e. The highest BCUT2D eigenvalue weighted by molar-refractivity contribution is 5.91. The molecule has 0 atom stereocenters. The molecule has 0 radical (unpaired) electrons. The molecule has 3 aromatic rings. The van der Waals surface area contributed by atoms with E-state index in [0.717, 1.165) is 23.2 Å². The number of halogens is 1. The number of fused-ring (bicyclic) bond motifs is 1. The van der Waals surface area contributed by atoms with Crippen LogP contribution in [0.2, 0.25) is 0 Å². The topological polar surface area (TPSA) is 64.3 Å². The molecule has 21 heavy (non-hydrogen) atoms. The third kappa shape index (κ3) is 2.43. The number of ether oxygens (including phenoxy) is 1. The molecule has 3 rings (SSSR count). The predicted octanol–water partition coefficient (Wildman–Crippen LogP) is 3.20. The second-order valence-electron chi connectivity index (χ2n) is 4.56. The summed E-state index contributed by atoms with van der Waals surface area (Å²) in [6.07, 6.45) is 3.32. The number of aryl methyl sites for hydroxylation is 1. The molecule has 0 fully saturated rings. The number of hydrogen-bond acceptors (Lipinski definition) is 3. The normalized spacial score (nSPS) is 10.8. The third-order valence-corrected chi connectivity index (χ3v) is 3.08. The van der Waals surface area contributed by atoms with Gasteiger partial charge >= 0.3 is 5.97 Å². The average molecular weight is 286 g/mol. The lowest BCUT2D eigenvalue weighted by Gasteiger charge is -2.08. The van der Waals surface area contributed by atoms with Gasteiger partial charge in [-0.2, -0.15) is 0 Å². The molecule has 0 aliphatic rings. The van der Waals surface area contributed by atoms with Gasteiger partial charge < -0.3 is 14.4 Å². The number of hydrogen-bond donors (Lipinski definition) is 1. The van der Waals surface area contributed by atoms with Crippen molar-refractivity contribution in [2.24, 2.45) is 7.05 Å². The van der Waals surface area contributed by atoms with E-state index in [4.69, 9.17) is 9.84 Å². The first kappa shape index (κ1) is 13.1. The maximum absolute atomic E-state index is 13.3. The summed E-state index contributed by atoms with van der Waals surface area (Å²) in [7, 11) is 1.87. The Morgan fingerprint density at radius 2 is 2.14 bits per heavy atom. The first-order chi connectivity index (χ1) is 10.0. The van der Waals surface area contributed by atoms with E-state index in [1.54, 1.807) is 6.07 Å². The molecule has 1 N–H and O–H groups in total. The Morgan fingerprint density at radius 1 is 1.33 bits per heavy atom. The molecular weight excluding hydrogens is 275 g/mol. The number of carbonyl (C=O) groups is 1. The van der Waals surface area contributed by atoms with Gasteiger partial charge in [-0.3, -0.25) is 0 Å². The van der Waals surface area contributed by atoms with Crippen LogP contribution in [0.5, 0.6) is 11.5 Å². The summed E-state index contributed by atoms with van der Waals surface area (Å²) in [6, 6.07) is 6.87. The van der Waals surface area contributed by atoms with E-state index < -0.39 is 11.8 Å². The Balaban J connectivity index is 2.01. The second kappa shape index (κ2) is 4.90. The zero-order chi connectivity index (χ0) is 15.0. The Morgan fingerprint density at radius 3 is 2.90 bits per heavy atom. The molecule has 106 valence electrons. The van der Waals surface area contributed by atoms with Crippen LogP contribution >= 0.6 is 0 Å². The monoisotopic (exact) mass is 286 g/mol. The summed E-state index contributed by atoms with van der Waals surface area (Å²) in [5.41, 5.74) is 0.671. The highest BCUT2D eigenvalue weighted by atomic mass is 19.1. The molecule has 0 amide bonds. The average Bonchev–Trinajstić information content (AvgIpc) is 2.80. The van der Waals surface area contributed by atoms with E-state index in [2.05, 4.69) is 4.98 Å². The molecule has 0 aliphatic carbocycles. The van der Waals surface area contributed by atoms with Crippen LogP contribution in [-0.4, -0.2) is 20.6 Å². The molecule has 2 aromatic heterocycles. The summed E-state index contributed by atoms with van der Waals surface area (Å²) in [4.78, 5) is 15.3. The molecule has 0 saturated carbocycles. The van der Waals surface area contributed by atoms with Crippen LogP contribution in [0.1, 0.15) is 10.4 Å². The van der Waals surface area contributed by atoms with Crippen LogP contribution in [0.25, 0.3) is 11.0 Å². The second-order valence-corrected chi connectivity index (χ2v) is 4.56. The third-order valence-electron chi connectivity index (χ3n) is 3.08.